The van der Waals surface area contributed by atoms with Gasteiger partial charge in [-0.05, 0) is 49.9 Å². The molecule has 1 heterocycles. The zero-order valence-electron chi connectivity index (χ0n) is 12.0. The van der Waals surface area contributed by atoms with Crippen LogP contribution in [0, 0.1) is 5.92 Å². The molecule has 2 rings (SSSR count). The van der Waals surface area contributed by atoms with Crippen molar-refractivity contribution in [3.63, 3.8) is 0 Å². The van der Waals surface area contributed by atoms with Crippen molar-refractivity contribution in [3.05, 3.63) is 29.8 Å². The predicted octanol–water partition coefficient (Wildman–Crippen LogP) is 3.16. The van der Waals surface area contributed by atoms with E-state index in [0.29, 0.717) is 12.0 Å². The fraction of sp³-hybridized carbons (Fsp3) is 0.625. The van der Waals surface area contributed by atoms with Crippen molar-refractivity contribution in [1.82, 2.24) is 5.32 Å². The molecule has 1 aliphatic heterocycles. The molecule has 1 fully saturated rings. The third kappa shape index (κ3) is 4.22. The van der Waals surface area contributed by atoms with Crippen LogP contribution in [0.25, 0.3) is 0 Å². The number of benzene rings is 1. The number of rotatable bonds is 7. The molecule has 0 saturated carbocycles. The molecule has 2 unspecified atom stereocenters. The maximum absolute atomic E-state index is 5.62. The van der Waals surface area contributed by atoms with Gasteiger partial charge in [0.1, 0.15) is 5.75 Å². The van der Waals surface area contributed by atoms with E-state index in [2.05, 4.69) is 36.5 Å². The highest BCUT2D eigenvalue weighted by atomic mass is 16.5. The van der Waals surface area contributed by atoms with Crippen molar-refractivity contribution >= 4 is 0 Å². The second-order valence-electron chi connectivity index (χ2n) is 5.22. The van der Waals surface area contributed by atoms with Crippen molar-refractivity contribution in [1.29, 1.82) is 0 Å². The lowest BCUT2D eigenvalue weighted by atomic mass is 9.94. The van der Waals surface area contributed by atoms with Gasteiger partial charge in [0.05, 0.1) is 6.61 Å². The molecule has 19 heavy (non-hydrogen) atoms. The molecule has 0 radical (unpaired) electrons. The minimum Gasteiger partial charge on any atom is -0.494 e. The third-order valence-electron chi connectivity index (χ3n) is 3.70. The zero-order chi connectivity index (χ0) is 13.5. The topological polar surface area (TPSA) is 30.5 Å². The summed E-state index contributed by atoms with van der Waals surface area (Å²) >= 11 is 0. The Morgan fingerprint density at radius 3 is 2.74 bits per heavy atom. The first kappa shape index (κ1) is 14.4. The van der Waals surface area contributed by atoms with Gasteiger partial charge in [-0.3, -0.25) is 0 Å². The van der Waals surface area contributed by atoms with Gasteiger partial charge in [0, 0.05) is 19.3 Å². The molecule has 0 spiro atoms. The number of hydrogen-bond acceptors (Lipinski definition) is 3. The van der Waals surface area contributed by atoms with Crippen molar-refractivity contribution in [2.45, 2.75) is 32.2 Å². The van der Waals surface area contributed by atoms with Crippen molar-refractivity contribution < 1.29 is 9.47 Å². The molecular formula is C16H25NO2. The lowest BCUT2D eigenvalue weighted by Gasteiger charge is -2.20. The molecule has 1 saturated heterocycles. The lowest BCUT2D eigenvalue weighted by molar-refractivity contribution is 0.181. The van der Waals surface area contributed by atoms with E-state index in [-0.39, 0.29) is 0 Å². The fourth-order valence-electron chi connectivity index (χ4n) is 2.54. The van der Waals surface area contributed by atoms with Gasteiger partial charge in [0.15, 0.2) is 0 Å². The molecule has 106 valence electrons. The Hall–Kier alpha value is -1.06. The average molecular weight is 263 g/mol. The van der Waals surface area contributed by atoms with E-state index in [1.165, 1.54) is 12.0 Å². The summed E-state index contributed by atoms with van der Waals surface area (Å²) in [6.45, 7) is 4.74. The van der Waals surface area contributed by atoms with Crippen molar-refractivity contribution in [3.8, 4) is 5.75 Å². The van der Waals surface area contributed by atoms with E-state index in [1.54, 1.807) is 0 Å². The molecule has 0 aromatic heterocycles. The summed E-state index contributed by atoms with van der Waals surface area (Å²) in [4.78, 5) is 0. The largest absolute Gasteiger partial charge is 0.494 e. The maximum atomic E-state index is 5.62. The Morgan fingerprint density at radius 2 is 2.16 bits per heavy atom. The second kappa shape index (κ2) is 7.51. The van der Waals surface area contributed by atoms with E-state index < -0.39 is 0 Å². The summed E-state index contributed by atoms with van der Waals surface area (Å²) in [6, 6.07) is 8.89. The molecule has 0 aliphatic carbocycles. The summed E-state index contributed by atoms with van der Waals surface area (Å²) < 4.78 is 11.1. The quantitative estimate of drug-likeness (QED) is 0.819. The van der Waals surface area contributed by atoms with Crippen LogP contribution in [0.5, 0.6) is 5.75 Å². The molecule has 0 bridgehead atoms. The van der Waals surface area contributed by atoms with Crippen molar-refractivity contribution in [2.24, 2.45) is 5.92 Å². The van der Waals surface area contributed by atoms with Gasteiger partial charge in [-0.15, -0.1) is 0 Å². The predicted molar refractivity (Wildman–Crippen MR) is 77.6 cm³/mol. The highest BCUT2D eigenvalue weighted by Gasteiger charge is 2.20. The average Bonchev–Trinajstić information content (AvgIpc) is 2.96. The molecule has 0 amide bonds. The van der Waals surface area contributed by atoms with Gasteiger partial charge < -0.3 is 14.8 Å². The van der Waals surface area contributed by atoms with Crippen LogP contribution in [-0.4, -0.2) is 26.9 Å². The van der Waals surface area contributed by atoms with Crippen LogP contribution in [0.15, 0.2) is 24.3 Å². The molecular weight excluding hydrogens is 238 g/mol. The summed E-state index contributed by atoms with van der Waals surface area (Å²) in [5, 5.41) is 3.41. The van der Waals surface area contributed by atoms with Crippen LogP contribution in [0.2, 0.25) is 0 Å². The van der Waals surface area contributed by atoms with Gasteiger partial charge >= 0.3 is 0 Å². The molecule has 2 atom stereocenters. The van der Waals surface area contributed by atoms with Gasteiger partial charge in [0.25, 0.3) is 0 Å². The Bertz CT molecular complexity index is 358. The SMILES string of the molecule is CCCOc1ccc(C(CC2CCOC2)NC)cc1. The van der Waals surface area contributed by atoms with E-state index in [0.717, 1.165) is 38.4 Å². The van der Waals surface area contributed by atoms with E-state index >= 15 is 0 Å². The highest BCUT2D eigenvalue weighted by Crippen LogP contribution is 2.27. The molecule has 3 nitrogen and oxygen atoms in total. The van der Waals surface area contributed by atoms with E-state index in [4.69, 9.17) is 9.47 Å². The van der Waals surface area contributed by atoms with Gasteiger partial charge in [0.2, 0.25) is 0 Å². The van der Waals surface area contributed by atoms with E-state index in [9.17, 15) is 0 Å². The minimum atomic E-state index is 0.409. The van der Waals surface area contributed by atoms with Gasteiger partial charge in [-0.1, -0.05) is 19.1 Å². The van der Waals surface area contributed by atoms with Crippen LogP contribution in [0.3, 0.4) is 0 Å². The van der Waals surface area contributed by atoms with Crippen LogP contribution in [0.1, 0.15) is 37.8 Å². The first-order valence-electron chi connectivity index (χ1n) is 7.31. The summed E-state index contributed by atoms with van der Waals surface area (Å²) in [5.74, 6) is 1.65. The fourth-order valence-corrected chi connectivity index (χ4v) is 2.54. The molecule has 1 aromatic rings. The number of hydrogen-bond donors (Lipinski definition) is 1. The molecule has 1 aromatic carbocycles. The minimum absolute atomic E-state index is 0.409. The number of nitrogens with one attached hydrogen (secondary N) is 1. The van der Waals surface area contributed by atoms with Crippen molar-refractivity contribution in [2.75, 3.05) is 26.9 Å². The summed E-state index contributed by atoms with van der Waals surface area (Å²) in [6.07, 6.45) is 3.38. The molecule has 1 aliphatic rings. The lowest BCUT2D eigenvalue weighted by Crippen LogP contribution is -2.20. The van der Waals surface area contributed by atoms with E-state index in [1.807, 2.05) is 7.05 Å². The van der Waals surface area contributed by atoms with Crippen LogP contribution in [0.4, 0.5) is 0 Å². The maximum Gasteiger partial charge on any atom is 0.119 e. The summed E-state index contributed by atoms with van der Waals surface area (Å²) in [5.41, 5.74) is 1.33. The Morgan fingerprint density at radius 1 is 1.37 bits per heavy atom. The Labute approximate surface area is 116 Å². The standard InChI is InChI=1S/C16H25NO2/c1-3-9-19-15-6-4-14(5-7-15)16(17-2)11-13-8-10-18-12-13/h4-7,13,16-17H,3,8-12H2,1-2H3. The van der Waals surface area contributed by atoms with Crippen LogP contribution < -0.4 is 10.1 Å². The zero-order valence-corrected chi connectivity index (χ0v) is 12.0. The van der Waals surface area contributed by atoms with Gasteiger partial charge in [-0.25, -0.2) is 0 Å². The first-order chi connectivity index (χ1) is 9.33. The Kier molecular flexibility index (Phi) is 5.67. The monoisotopic (exact) mass is 263 g/mol. The van der Waals surface area contributed by atoms with Gasteiger partial charge in [-0.2, -0.15) is 0 Å². The first-order valence-corrected chi connectivity index (χ1v) is 7.31. The van der Waals surface area contributed by atoms with Crippen LogP contribution in [-0.2, 0) is 4.74 Å². The Balaban J connectivity index is 1.93. The summed E-state index contributed by atoms with van der Waals surface area (Å²) in [7, 11) is 2.03. The normalized spacial score (nSPS) is 20.4. The molecule has 3 heteroatoms. The highest BCUT2D eigenvalue weighted by molar-refractivity contribution is 5.29. The van der Waals surface area contributed by atoms with Crippen LogP contribution >= 0.6 is 0 Å². The number of ether oxygens (including phenoxy) is 2. The third-order valence-corrected chi connectivity index (χ3v) is 3.70. The smallest absolute Gasteiger partial charge is 0.119 e. The molecule has 1 N–H and O–H groups in total. The second-order valence-corrected chi connectivity index (χ2v) is 5.22.